The van der Waals surface area contributed by atoms with E-state index in [-0.39, 0.29) is 18.2 Å². The summed E-state index contributed by atoms with van der Waals surface area (Å²) in [5, 5.41) is 14.8. The van der Waals surface area contributed by atoms with Crippen LogP contribution in [0.3, 0.4) is 0 Å². The summed E-state index contributed by atoms with van der Waals surface area (Å²) in [6.45, 7) is 11.8. The van der Waals surface area contributed by atoms with Gasteiger partial charge in [-0.05, 0) is 58.3 Å². The highest BCUT2D eigenvalue weighted by Gasteiger charge is 2.44. The van der Waals surface area contributed by atoms with Gasteiger partial charge in [0.2, 0.25) is 0 Å². The SMILES string of the molecule is C=C(CCCCCCCCC/C=C\CCCCCC)N[C@@H]1[C@@H](OCC[C@@H](CCCCCCC)OC)[C@H](O)[C@@H](COC)O[C@@H]1C. The van der Waals surface area contributed by atoms with Crippen LogP contribution in [-0.2, 0) is 18.9 Å². The molecule has 0 aromatic rings. The first-order valence-electron chi connectivity index (χ1n) is 18.5. The summed E-state index contributed by atoms with van der Waals surface area (Å²) >= 11 is 0. The number of aliphatic hydroxyl groups is 1. The highest BCUT2D eigenvalue weighted by molar-refractivity contribution is 5.03. The van der Waals surface area contributed by atoms with Gasteiger partial charge in [-0.3, -0.25) is 0 Å². The van der Waals surface area contributed by atoms with E-state index >= 15 is 0 Å². The molecule has 260 valence electrons. The van der Waals surface area contributed by atoms with Crippen molar-refractivity contribution in [2.24, 2.45) is 0 Å². The Hall–Kier alpha value is -0.920. The van der Waals surface area contributed by atoms with Gasteiger partial charge in [0.25, 0.3) is 0 Å². The normalized spacial score (nSPS) is 22.9. The standard InChI is InChI=1S/C38H73NO5/c1-7-9-11-13-14-15-16-17-18-19-20-21-22-24-25-27-32(3)39-36-33(4)44-35(31-41-5)37(40)38(36)43-30-29-34(42-6)28-26-23-12-10-8-2/h15-16,33-40H,3,7-14,17-31H2,1-2,4-6H3/b16-15-/t33-,34-,35-,36+,37-,38-/m1/s1. The second-order valence-corrected chi connectivity index (χ2v) is 13.1. The number of rotatable bonds is 30. The van der Waals surface area contributed by atoms with Gasteiger partial charge in [-0.1, -0.05) is 116 Å². The number of aliphatic hydroxyl groups excluding tert-OH is 1. The molecule has 6 atom stereocenters. The lowest BCUT2D eigenvalue weighted by Gasteiger charge is -2.44. The second-order valence-electron chi connectivity index (χ2n) is 13.1. The monoisotopic (exact) mass is 624 g/mol. The van der Waals surface area contributed by atoms with Gasteiger partial charge in [-0.15, -0.1) is 0 Å². The van der Waals surface area contributed by atoms with Gasteiger partial charge in [0.15, 0.2) is 0 Å². The number of methoxy groups -OCH3 is 2. The Kier molecular flexibility index (Phi) is 26.5. The molecule has 0 amide bonds. The van der Waals surface area contributed by atoms with Crippen LogP contribution in [0.5, 0.6) is 0 Å². The van der Waals surface area contributed by atoms with Crippen molar-refractivity contribution in [2.75, 3.05) is 27.4 Å². The lowest BCUT2D eigenvalue weighted by atomic mass is 9.92. The van der Waals surface area contributed by atoms with Crippen LogP contribution < -0.4 is 5.32 Å². The molecule has 1 aliphatic heterocycles. The zero-order chi connectivity index (χ0) is 32.3. The number of unbranched alkanes of at least 4 members (excludes halogenated alkanes) is 15. The van der Waals surface area contributed by atoms with Crippen LogP contribution in [0.15, 0.2) is 24.4 Å². The minimum atomic E-state index is -0.771. The molecule has 0 radical (unpaired) electrons. The Bertz CT molecular complexity index is 686. The minimum Gasteiger partial charge on any atom is -0.388 e. The fraction of sp³-hybridized carbons (Fsp3) is 0.895. The molecule has 0 aromatic carbocycles. The third-order valence-corrected chi connectivity index (χ3v) is 9.12. The predicted molar refractivity (Wildman–Crippen MR) is 186 cm³/mol. The van der Waals surface area contributed by atoms with Crippen LogP contribution in [0.1, 0.15) is 156 Å². The van der Waals surface area contributed by atoms with Crippen molar-refractivity contribution in [3.8, 4) is 0 Å². The number of allylic oxidation sites excluding steroid dienone is 3. The molecule has 1 aliphatic rings. The Balaban J connectivity index is 2.35. The summed E-state index contributed by atoms with van der Waals surface area (Å²) in [5.41, 5.74) is 1.000. The molecule has 1 fully saturated rings. The number of nitrogens with one attached hydrogen (secondary N) is 1. The zero-order valence-corrected chi connectivity index (χ0v) is 29.7. The maximum atomic E-state index is 11.2. The molecule has 6 nitrogen and oxygen atoms in total. The Labute approximate surface area is 273 Å². The van der Waals surface area contributed by atoms with Gasteiger partial charge in [0.1, 0.15) is 18.3 Å². The van der Waals surface area contributed by atoms with E-state index < -0.39 is 18.3 Å². The highest BCUT2D eigenvalue weighted by atomic mass is 16.6. The van der Waals surface area contributed by atoms with E-state index in [2.05, 4.69) is 37.9 Å². The van der Waals surface area contributed by atoms with E-state index in [9.17, 15) is 5.11 Å². The average molecular weight is 624 g/mol. The summed E-state index contributed by atoms with van der Waals surface area (Å²) in [4.78, 5) is 0. The van der Waals surface area contributed by atoms with Gasteiger partial charge in [0.05, 0.1) is 24.9 Å². The van der Waals surface area contributed by atoms with Crippen LogP contribution in [0.4, 0.5) is 0 Å². The number of hydrogen-bond acceptors (Lipinski definition) is 6. The molecule has 1 saturated heterocycles. The molecular weight excluding hydrogens is 550 g/mol. The largest absolute Gasteiger partial charge is 0.388 e. The Morgan fingerprint density at radius 2 is 1.39 bits per heavy atom. The second kappa shape index (κ2) is 28.3. The van der Waals surface area contributed by atoms with Crippen molar-refractivity contribution in [2.45, 2.75) is 192 Å². The highest BCUT2D eigenvalue weighted by Crippen LogP contribution is 2.26. The molecule has 0 unspecified atom stereocenters. The van der Waals surface area contributed by atoms with Crippen molar-refractivity contribution in [3.05, 3.63) is 24.4 Å². The molecule has 0 saturated carbocycles. The summed E-state index contributed by atoms with van der Waals surface area (Å²) in [6.07, 6.45) is 29.2. The van der Waals surface area contributed by atoms with Crippen LogP contribution in [0.25, 0.3) is 0 Å². The lowest BCUT2D eigenvalue weighted by molar-refractivity contribution is -0.206. The van der Waals surface area contributed by atoms with E-state index in [1.54, 1.807) is 14.2 Å². The smallest absolute Gasteiger partial charge is 0.111 e. The van der Waals surface area contributed by atoms with Crippen LogP contribution in [0, 0.1) is 0 Å². The molecular formula is C38H73NO5. The minimum absolute atomic E-state index is 0.131. The van der Waals surface area contributed by atoms with Gasteiger partial charge >= 0.3 is 0 Å². The van der Waals surface area contributed by atoms with E-state index in [0.717, 1.165) is 31.4 Å². The average Bonchev–Trinajstić information content (AvgIpc) is 3.01. The summed E-state index contributed by atoms with van der Waals surface area (Å²) in [6, 6.07) is -0.161. The Morgan fingerprint density at radius 3 is 2.00 bits per heavy atom. The molecule has 44 heavy (non-hydrogen) atoms. The Morgan fingerprint density at radius 1 is 0.818 bits per heavy atom. The van der Waals surface area contributed by atoms with Crippen molar-refractivity contribution in [3.63, 3.8) is 0 Å². The third-order valence-electron chi connectivity index (χ3n) is 9.12. The maximum Gasteiger partial charge on any atom is 0.111 e. The van der Waals surface area contributed by atoms with Gasteiger partial charge in [0, 0.05) is 26.5 Å². The van der Waals surface area contributed by atoms with Crippen molar-refractivity contribution in [1.29, 1.82) is 0 Å². The van der Waals surface area contributed by atoms with E-state index in [0.29, 0.717) is 13.2 Å². The van der Waals surface area contributed by atoms with Crippen LogP contribution in [-0.4, -0.2) is 69.1 Å². The molecule has 2 N–H and O–H groups in total. The zero-order valence-electron chi connectivity index (χ0n) is 29.7. The first-order chi connectivity index (χ1) is 21.5. The predicted octanol–water partition coefficient (Wildman–Crippen LogP) is 9.44. The third kappa shape index (κ3) is 19.6. The molecule has 1 rings (SSSR count). The van der Waals surface area contributed by atoms with Gasteiger partial charge in [-0.25, -0.2) is 0 Å². The number of hydrogen-bond donors (Lipinski definition) is 2. The molecule has 1 heterocycles. The fourth-order valence-electron chi connectivity index (χ4n) is 6.24. The summed E-state index contributed by atoms with van der Waals surface area (Å²) < 4.78 is 23.6. The van der Waals surface area contributed by atoms with Crippen molar-refractivity contribution >= 4 is 0 Å². The maximum absolute atomic E-state index is 11.2. The van der Waals surface area contributed by atoms with Crippen LogP contribution >= 0.6 is 0 Å². The van der Waals surface area contributed by atoms with Crippen molar-refractivity contribution < 1.29 is 24.1 Å². The first-order valence-corrected chi connectivity index (χ1v) is 18.5. The molecule has 0 spiro atoms. The lowest BCUT2D eigenvalue weighted by Crippen LogP contribution is -2.63. The topological polar surface area (TPSA) is 69.2 Å². The number of ether oxygens (including phenoxy) is 4. The van der Waals surface area contributed by atoms with E-state index in [4.69, 9.17) is 18.9 Å². The quantitative estimate of drug-likeness (QED) is 0.0614. The fourth-order valence-corrected chi connectivity index (χ4v) is 6.24. The van der Waals surface area contributed by atoms with E-state index in [1.165, 1.54) is 109 Å². The van der Waals surface area contributed by atoms with Gasteiger partial charge < -0.3 is 29.4 Å². The molecule has 0 bridgehead atoms. The summed E-state index contributed by atoms with van der Waals surface area (Å²) in [5.74, 6) is 0. The van der Waals surface area contributed by atoms with Crippen LogP contribution in [0.2, 0.25) is 0 Å². The molecule has 0 aliphatic carbocycles. The van der Waals surface area contributed by atoms with E-state index in [1.807, 2.05) is 6.92 Å². The first kappa shape index (κ1) is 41.1. The van der Waals surface area contributed by atoms with Gasteiger partial charge in [-0.2, -0.15) is 0 Å². The molecule has 6 heteroatoms. The molecule has 0 aromatic heterocycles. The van der Waals surface area contributed by atoms with Crippen molar-refractivity contribution in [1.82, 2.24) is 5.32 Å². The summed E-state index contributed by atoms with van der Waals surface area (Å²) in [7, 11) is 3.43.